The number of aromatic nitrogens is 1. The minimum absolute atomic E-state index is 0.0406. The zero-order valence-electron chi connectivity index (χ0n) is 17.0. The highest BCUT2D eigenvalue weighted by atomic mass is 32.1. The van der Waals surface area contributed by atoms with Gasteiger partial charge in [-0.3, -0.25) is 19.8 Å². The Morgan fingerprint density at radius 2 is 1.83 bits per heavy atom. The van der Waals surface area contributed by atoms with Crippen LogP contribution in [0.3, 0.4) is 0 Å². The van der Waals surface area contributed by atoms with Gasteiger partial charge in [-0.05, 0) is 68.0 Å². The van der Waals surface area contributed by atoms with E-state index in [1.54, 1.807) is 18.2 Å². The van der Waals surface area contributed by atoms with Crippen molar-refractivity contribution in [3.05, 3.63) is 78.2 Å². The largest absolute Gasteiger partial charge is 0.490 e. The zero-order valence-corrected chi connectivity index (χ0v) is 17.8. The van der Waals surface area contributed by atoms with E-state index >= 15 is 0 Å². The molecule has 0 atom stereocenters. The fraction of sp³-hybridized carbons (Fsp3) is 0.174. The number of nitrogens with zero attached hydrogens (tertiary/aromatic N) is 2. The Labute approximate surface area is 181 Å². The standard InChI is InChI=1S/C23H23N3O3S/c1-5-11-25-22(28)20(21(27)24-23(25)30)14-17-13-15(3)26(16(17)4)18-7-9-19(10-8-18)29-12-6-2/h5-10,13-14H,1-2,11-12H2,3-4H3,(H,24,27,30). The summed E-state index contributed by atoms with van der Waals surface area (Å²) in [6, 6.07) is 9.63. The summed E-state index contributed by atoms with van der Waals surface area (Å²) in [5.74, 6) is -0.179. The number of hydrogen-bond acceptors (Lipinski definition) is 4. The molecule has 0 aliphatic carbocycles. The normalized spacial score (nSPS) is 15.3. The first-order valence-corrected chi connectivity index (χ1v) is 9.81. The van der Waals surface area contributed by atoms with Crippen LogP contribution in [-0.2, 0) is 9.59 Å². The molecule has 1 fully saturated rings. The van der Waals surface area contributed by atoms with Crippen LogP contribution in [0.25, 0.3) is 11.8 Å². The number of carbonyl (C=O) groups is 2. The molecule has 1 aliphatic rings. The van der Waals surface area contributed by atoms with Crippen LogP contribution in [0.1, 0.15) is 17.0 Å². The smallest absolute Gasteiger partial charge is 0.265 e. The second kappa shape index (κ2) is 8.92. The highest BCUT2D eigenvalue weighted by molar-refractivity contribution is 7.80. The van der Waals surface area contributed by atoms with E-state index in [0.717, 1.165) is 28.4 Å². The maximum absolute atomic E-state index is 12.8. The van der Waals surface area contributed by atoms with E-state index in [-0.39, 0.29) is 17.2 Å². The van der Waals surface area contributed by atoms with Gasteiger partial charge in [0.25, 0.3) is 11.8 Å². The maximum atomic E-state index is 12.8. The summed E-state index contributed by atoms with van der Waals surface area (Å²) < 4.78 is 7.59. The molecule has 0 bridgehead atoms. The van der Waals surface area contributed by atoms with Crippen LogP contribution in [0.15, 0.2) is 61.2 Å². The lowest BCUT2D eigenvalue weighted by Crippen LogP contribution is -2.53. The molecule has 1 aromatic carbocycles. The summed E-state index contributed by atoms with van der Waals surface area (Å²) in [5, 5.41) is 2.65. The van der Waals surface area contributed by atoms with E-state index in [4.69, 9.17) is 17.0 Å². The van der Waals surface area contributed by atoms with E-state index in [9.17, 15) is 9.59 Å². The number of ether oxygens (including phenoxy) is 1. The number of aryl methyl sites for hydroxylation is 1. The molecule has 1 aliphatic heterocycles. The molecular formula is C23H23N3O3S. The van der Waals surface area contributed by atoms with Gasteiger partial charge in [0, 0.05) is 23.6 Å². The first-order chi connectivity index (χ1) is 14.4. The molecule has 0 radical (unpaired) electrons. The predicted molar refractivity (Wildman–Crippen MR) is 122 cm³/mol. The quantitative estimate of drug-likeness (QED) is 0.322. The minimum atomic E-state index is -0.501. The lowest BCUT2D eigenvalue weighted by molar-refractivity contribution is -0.128. The van der Waals surface area contributed by atoms with E-state index in [2.05, 4.69) is 23.0 Å². The summed E-state index contributed by atoms with van der Waals surface area (Å²) in [5.41, 5.74) is 3.66. The predicted octanol–water partition coefficient (Wildman–Crippen LogP) is 3.47. The van der Waals surface area contributed by atoms with Crippen molar-refractivity contribution in [2.75, 3.05) is 13.2 Å². The Bertz CT molecular complexity index is 1060. The van der Waals surface area contributed by atoms with Gasteiger partial charge >= 0.3 is 0 Å². The van der Waals surface area contributed by atoms with E-state index in [1.165, 1.54) is 4.90 Å². The Kier molecular flexibility index (Phi) is 6.32. The first-order valence-electron chi connectivity index (χ1n) is 9.40. The molecule has 30 heavy (non-hydrogen) atoms. The fourth-order valence-electron chi connectivity index (χ4n) is 3.32. The molecule has 2 amide bonds. The van der Waals surface area contributed by atoms with Crippen molar-refractivity contribution in [3.8, 4) is 11.4 Å². The number of benzene rings is 1. The van der Waals surface area contributed by atoms with Gasteiger partial charge in [0.15, 0.2) is 5.11 Å². The molecule has 2 heterocycles. The molecule has 7 heteroatoms. The number of nitrogens with one attached hydrogen (secondary N) is 1. The molecule has 0 unspecified atom stereocenters. The van der Waals surface area contributed by atoms with E-state index < -0.39 is 11.8 Å². The Balaban J connectivity index is 1.96. The molecule has 1 N–H and O–H groups in total. The summed E-state index contributed by atoms with van der Waals surface area (Å²) in [4.78, 5) is 26.5. The third-order valence-electron chi connectivity index (χ3n) is 4.73. The van der Waals surface area contributed by atoms with Gasteiger partial charge in [-0.15, -0.1) is 6.58 Å². The van der Waals surface area contributed by atoms with Gasteiger partial charge in [0.05, 0.1) is 0 Å². The van der Waals surface area contributed by atoms with Crippen LogP contribution >= 0.6 is 12.2 Å². The van der Waals surface area contributed by atoms with Crippen LogP contribution in [0, 0.1) is 13.8 Å². The second-order valence-electron chi connectivity index (χ2n) is 6.78. The van der Waals surface area contributed by atoms with Gasteiger partial charge in [-0.25, -0.2) is 0 Å². The Morgan fingerprint density at radius 3 is 2.47 bits per heavy atom. The number of rotatable bonds is 7. The van der Waals surface area contributed by atoms with Crippen molar-refractivity contribution in [2.45, 2.75) is 13.8 Å². The number of thiocarbonyl (C=S) groups is 1. The number of hydrogen-bond donors (Lipinski definition) is 1. The third-order valence-corrected chi connectivity index (χ3v) is 5.05. The lowest BCUT2D eigenvalue weighted by atomic mass is 10.1. The minimum Gasteiger partial charge on any atom is -0.490 e. The van der Waals surface area contributed by atoms with E-state index in [0.29, 0.717) is 6.61 Å². The SMILES string of the molecule is C=CCOc1ccc(-n2c(C)cc(C=C3C(=O)NC(=S)N(CC=C)C3=O)c2C)cc1. The molecule has 0 saturated carbocycles. The van der Waals surface area contributed by atoms with Crippen molar-refractivity contribution in [2.24, 2.45) is 0 Å². The van der Waals surface area contributed by atoms with Crippen molar-refractivity contribution in [3.63, 3.8) is 0 Å². The van der Waals surface area contributed by atoms with Gasteiger partial charge < -0.3 is 9.30 Å². The first kappa shape index (κ1) is 21.3. The number of carbonyl (C=O) groups excluding carboxylic acids is 2. The van der Waals surface area contributed by atoms with Gasteiger partial charge in [-0.2, -0.15) is 0 Å². The zero-order chi connectivity index (χ0) is 21.8. The van der Waals surface area contributed by atoms with Crippen LogP contribution in [0.5, 0.6) is 5.75 Å². The van der Waals surface area contributed by atoms with Crippen LogP contribution in [0.4, 0.5) is 0 Å². The highest BCUT2D eigenvalue weighted by Gasteiger charge is 2.32. The Hall–Kier alpha value is -3.45. The second-order valence-corrected chi connectivity index (χ2v) is 7.16. The summed E-state index contributed by atoms with van der Waals surface area (Å²) in [6.45, 7) is 11.9. The maximum Gasteiger partial charge on any atom is 0.265 e. The highest BCUT2D eigenvalue weighted by Crippen LogP contribution is 2.25. The Morgan fingerprint density at radius 1 is 1.13 bits per heavy atom. The van der Waals surface area contributed by atoms with Crippen molar-refractivity contribution < 1.29 is 14.3 Å². The lowest BCUT2D eigenvalue weighted by Gasteiger charge is -2.27. The fourth-order valence-corrected chi connectivity index (χ4v) is 3.57. The summed E-state index contributed by atoms with van der Waals surface area (Å²) in [7, 11) is 0. The molecule has 1 saturated heterocycles. The van der Waals surface area contributed by atoms with E-state index in [1.807, 2.05) is 44.2 Å². The molecule has 154 valence electrons. The van der Waals surface area contributed by atoms with Crippen molar-refractivity contribution in [1.82, 2.24) is 14.8 Å². The van der Waals surface area contributed by atoms with Crippen LogP contribution in [-0.4, -0.2) is 39.5 Å². The molecule has 3 rings (SSSR count). The topological polar surface area (TPSA) is 63.6 Å². The van der Waals surface area contributed by atoms with Crippen LogP contribution in [0.2, 0.25) is 0 Å². The molecule has 1 aromatic heterocycles. The molecule has 0 spiro atoms. The molecule has 6 nitrogen and oxygen atoms in total. The van der Waals surface area contributed by atoms with Gasteiger partial charge in [-0.1, -0.05) is 18.7 Å². The average molecular weight is 422 g/mol. The van der Waals surface area contributed by atoms with Crippen LogP contribution < -0.4 is 10.1 Å². The van der Waals surface area contributed by atoms with Crippen molar-refractivity contribution in [1.29, 1.82) is 0 Å². The number of amides is 2. The third kappa shape index (κ3) is 4.11. The van der Waals surface area contributed by atoms with Gasteiger partial charge in [0.1, 0.15) is 17.9 Å². The van der Waals surface area contributed by atoms with Crippen molar-refractivity contribution >= 4 is 35.2 Å². The summed E-state index contributed by atoms with van der Waals surface area (Å²) in [6.07, 6.45) is 4.86. The average Bonchev–Trinajstić information content (AvgIpc) is 3.00. The van der Waals surface area contributed by atoms with Gasteiger partial charge in [0.2, 0.25) is 0 Å². The molecular weight excluding hydrogens is 398 g/mol. The monoisotopic (exact) mass is 421 g/mol. The molecule has 2 aromatic rings. The summed E-state index contributed by atoms with van der Waals surface area (Å²) >= 11 is 5.09.